The van der Waals surface area contributed by atoms with E-state index in [0.717, 1.165) is 60.3 Å². The molecule has 1 fully saturated rings. The molecule has 0 unspecified atom stereocenters. The number of rotatable bonds is 6. The molecule has 0 aromatic carbocycles. The fraction of sp³-hybridized carbons (Fsp3) is 0.412. The maximum Gasteiger partial charge on any atom is 0.218 e. The Balaban J connectivity index is 1.41. The molecular weight excluding hydrogens is 338 g/mol. The number of ether oxygens (including phenoxy) is 1. The van der Waals surface area contributed by atoms with E-state index in [9.17, 15) is 0 Å². The highest BCUT2D eigenvalue weighted by Crippen LogP contribution is 2.25. The lowest BCUT2D eigenvalue weighted by Gasteiger charge is -2.25. The lowest BCUT2D eigenvalue weighted by Crippen LogP contribution is -2.36. The molecule has 4 rings (SSSR count). The van der Waals surface area contributed by atoms with E-state index in [1.807, 2.05) is 31.3 Å². The Bertz CT molecular complexity index is 818. The van der Waals surface area contributed by atoms with Crippen LogP contribution in [0, 0.1) is 6.92 Å². The average Bonchev–Trinajstić information content (AvgIpc) is 3.36. The second kappa shape index (κ2) is 7.38. The molecule has 0 radical (unpaired) electrons. The molecule has 0 spiro atoms. The molecule has 3 aromatic rings. The fourth-order valence-corrected chi connectivity index (χ4v) is 3.74. The van der Waals surface area contributed by atoms with Crippen molar-refractivity contribution in [2.45, 2.75) is 20.0 Å². The van der Waals surface area contributed by atoms with Gasteiger partial charge in [0.1, 0.15) is 11.5 Å². The van der Waals surface area contributed by atoms with E-state index in [1.54, 1.807) is 11.3 Å². The number of anilines is 1. The number of nitrogens with one attached hydrogen (secondary N) is 1. The van der Waals surface area contributed by atoms with Gasteiger partial charge in [-0.15, -0.1) is 10.2 Å². The predicted octanol–water partition coefficient (Wildman–Crippen LogP) is 2.36. The van der Waals surface area contributed by atoms with Gasteiger partial charge in [-0.2, -0.15) is 0 Å². The smallest absolute Gasteiger partial charge is 0.218 e. The van der Waals surface area contributed by atoms with Gasteiger partial charge in [-0.25, -0.2) is 0 Å². The van der Waals surface area contributed by atoms with Gasteiger partial charge in [-0.3, -0.25) is 4.57 Å². The third-order valence-corrected chi connectivity index (χ3v) is 5.11. The van der Waals surface area contributed by atoms with Gasteiger partial charge in [0.05, 0.1) is 19.8 Å². The van der Waals surface area contributed by atoms with E-state index in [2.05, 4.69) is 31.0 Å². The molecule has 7 nitrogen and oxygen atoms in total. The predicted molar refractivity (Wildman–Crippen MR) is 96.3 cm³/mol. The Kier molecular flexibility index (Phi) is 4.82. The van der Waals surface area contributed by atoms with Crippen molar-refractivity contribution in [1.82, 2.24) is 20.1 Å². The molecule has 1 N–H and O–H groups in total. The number of nitrogens with zero attached hydrogens (tertiary/aromatic N) is 4. The van der Waals surface area contributed by atoms with Gasteiger partial charge in [0.15, 0.2) is 0 Å². The van der Waals surface area contributed by atoms with Gasteiger partial charge in [-0.1, -0.05) is 11.3 Å². The molecule has 0 bridgehead atoms. The van der Waals surface area contributed by atoms with Crippen molar-refractivity contribution >= 4 is 16.5 Å². The Morgan fingerprint density at radius 3 is 2.76 bits per heavy atom. The lowest BCUT2D eigenvalue weighted by atomic mass is 10.4. The number of aryl methyl sites for hydroxylation is 1. The molecule has 132 valence electrons. The molecule has 3 aromatic heterocycles. The number of hydrogen-bond donors (Lipinski definition) is 1. The van der Waals surface area contributed by atoms with Crippen molar-refractivity contribution in [3.8, 4) is 5.13 Å². The van der Waals surface area contributed by atoms with Crippen molar-refractivity contribution in [2.24, 2.45) is 0 Å². The maximum atomic E-state index is 5.58. The summed E-state index contributed by atoms with van der Waals surface area (Å²) in [7, 11) is 0. The van der Waals surface area contributed by atoms with Gasteiger partial charge in [0, 0.05) is 31.5 Å². The number of hydrogen-bond acceptors (Lipinski definition) is 7. The first-order valence-electron chi connectivity index (χ1n) is 8.38. The largest absolute Gasteiger partial charge is 0.465 e. The van der Waals surface area contributed by atoms with Crippen LogP contribution in [-0.2, 0) is 17.8 Å². The van der Waals surface area contributed by atoms with Crippen molar-refractivity contribution in [3.63, 3.8) is 0 Å². The third-order valence-electron chi connectivity index (χ3n) is 4.13. The average molecular weight is 359 g/mol. The molecule has 1 saturated heterocycles. The highest BCUT2D eigenvalue weighted by Gasteiger charge is 2.17. The summed E-state index contributed by atoms with van der Waals surface area (Å²) in [6.07, 6.45) is 2.03. The minimum absolute atomic E-state index is 0.703. The van der Waals surface area contributed by atoms with E-state index in [0.29, 0.717) is 6.54 Å². The number of furan rings is 1. The second-order valence-electron chi connectivity index (χ2n) is 5.95. The molecular formula is C17H21N5O2S. The van der Waals surface area contributed by atoms with Crippen molar-refractivity contribution < 1.29 is 9.15 Å². The Hall–Kier alpha value is -2.16. The first-order valence-corrected chi connectivity index (χ1v) is 9.20. The molecule has 1 aliphatic rings. The first-order chi connectivity index (χ1) is 12.3. The fourth-order valence-electron chi connectivity index (χ4n) is 2.83. The van der Waals surface area contributed by atoms with Gasteiger partial charge < -0.3 is 19.4 Å². The van der Waals surface area contributed by atoms with Gasteiger partial charge >= 0.3 is 0 Å². The Morgan fingerprint density at radius 2 is 1.96 bits per heavy atom. The van der Waals surface area contributed by atoms with Crippen LogP contribution < -0.4 is 10.2 Å². The van der Waals surface area contributed by atoms with E-state index >= 15 is 0 Å². The highest BCUT2D eigenvalue weighted by molar-refractivity contribution is 7.17. The zero-order valence-electron chi connectivity index (χ0n) is 14.1. The van der Waals surface area contributed by atoms with Crippen molar-refractivity contribution in [3.05, 3.63) is 47.7 Å². The third kappa shape index (κ3) is 3.76. The summed E-state index contributed by atoms with van der Waals surface area (Å²) < 4.78 is 13.1. The number of aromatic nitrogens is 3. The maximum absolute atomic E-state index is 5.58. The Morgan fingerprint density at radius 1 is 1.12 bits per heavy atom. The van der Waals surface area contributed by atoms with Crippen LogP contribution >= 0.6 is 11.3 Å². The summed E-state index contributed by atoms with van der Waals surface area (Å²) in [5.41, 5.74) is 1.15. The molecule has 8 heteroatoms. The molecule has 0 aliphatic carbocycles. The van der Waals surface area contributed by atoms with Crippen LogP contribution in [0.15, 0.2) is 34.9 Å². The van der Waals surface area contributed by atoms with E-state index in [1.165, 1.54) is 0 Å². The van der Waals surface area contributed by atoms with Crippen molar-refractivity contribution in [1.29, 1.82) is 0 Å². The van der Waals surface area contributed by atoms with Crippen LogP contribution in [-0.4, -0.2) is 41.1 Å². The van der Waals surface area contributed by atoms with E-state index in [4.69, 9.17) is 9.15 Å². The van der Waals surface area contributed by atoms with Gasteiger partial charge in [-0.05, 0) is 31.2 Å². The summed E-state index contributed by atoms with van der Waals surface area (Å²) in [6.45, 7) is 6.64. The van der Waals surface area contributed by atoms with Crippen molar-refractivity contribution in [2.75, 3.05) is 31.2 Å². The van der Waals surface area contributed by atoms with Crippen LogP contribution in [0.5, 0.6) is 0 Å². The normalized spacial score (nSPS) is 15.0. The van der Waals surface area contributed by atoms with Crippen LogP contribution in [0.3, 0.4) is 0 Å². The highest BCUT2D eigenvalue weighted by atomic mass is 32.1. The molecule has 25 heavy (non-hydrogen) atoms. The molecule has 4 heterocycles. The number of morpholine rings is 1. The summed E-state index contributed by atoms with van der Waals surface area (Å²) in [5.74, 6) is 1.88. The van der Waals surface area contributed by atoms with E-state index < -0.39 is 0 Å². The summed E-state index contributed by atoms with van der Waals surface area (Å²) in [6, 6.07) is 8.11. The summed E-state index contributed by atoms with van der Waals surface area (Å²) in [4.78, 5) is 2.23. The monoisotopic (exact) mass is 359 g/mol. The van der Waals surface area contributed by atoms with Crippen LogP contribution in [0.2, 0.25) is 0 Å². The standard InChI is InChI=1S/C17H21N5O2S/c1-13-4-5-15(24-13)12-18-11-14-3-2-6-22(14)17-20-19-16(25-17)21-7-9-23-10-8-21/h2-6,18H,7-12H2,1H3. The molecule has 0 atom stereocenters. The van der Waals surface area contributed by atoms with Crippen LogP contribution in [0.1, 0.15) is 17.2 Å². The van der Waals surface area contributed by atoms with Crippen LogP contribution in [0.25, 0.3) is 5.13 Å². The zero-order valence-corrected chi connectivity index (χ0v) is 15.0. The molecule has 0 saturated carbocycles. The quantitative estimate of drug-likeness (QED) is 0.729. The second-order valence-corrected chi connectivity index (χ2v) is 6.89. The minimum Gasteiger partial charge on any atom is -0.465 e. The first kappa shape index (κ1) is 16.3. The van der Waals surface area contributed by atoms with Gasteiger partial charge in [0.25, 0.3) is 0 Å². The lowest BCUT2D eigenvalue weighted by molar-refractivity contribution is 0.122. The molecule has 1 aliphatic heterocycles. The van der Waals surface area contributed by atoms with Crippen LogP contribution in [0.4, 0.5) is 5.13 Å². The summed E-state index contributed by atoms with van der Waals surface area (Å²) >= 11 is 1.61. The molecule has 0 amide bonds. The summed E-state index contributed by atoms with van der Waals surface area (Å²) in [5, 5.41) is 14.0. The van der Waals surface area contributed by atoms with Gasteiger partial charge in [0.2, 0.25) is 10.3 Å². The minimum atomic E-state index is 0.703. The SMILES string of the molecule is Cc1ccc(CNCc2cccn2-c2nnc(N3CCOCC3)s2)o1. The topological polar surface area (TPSA) is 68.4 Å². The Labute approximate surface area is 150 Å². The zero-order chi connectivity index (χ0) is 17.1. The van der Waals surface area contributed by atoms with E-state index in [-0.39, 0.29) is 0 Å².